The highest BCUT2D eigenvalue weighted by Gasteiger charge is 2.11. The molecule has 8 nitrogen and oxygen atoms in total. The molecule has 0 atom stereocenters. The Kier molecular flexibility index (Phi) is 8.98. The zero-order valence-corrected chi connectivity index (χ0v) is 21.2. The molecule has 2 heterocycles. The molecule has 4 aromatic rings. The molecular formula is C27H27FN6O2S. The Hall–Kier alpha value is -4.05. The van der Waals surface area contributed by atoms with Crippen LogP contribution >= 0.6 is 11.3 Å². The maximum Gasteiger partial charge on any atom is 0.230 e. The minimum atomic E-state index is -0.410. The van der Waals surface area contributed by atoms with Gasteiger partial charge in [0.25, 0.3) is 0 Å². The Morgan fingerprint density at radius 2 is 1.49 bits per heavy atom. The van der Waals surface area contributed by atoms with Crippen LogP contribution in [0.25, 0.3) is 0 Å². The molecule has 0 spiro atoms. The van der Waals surface area contributed by atoms with Gasteiger partial charge in [0.15, 0.2) is 5.82 Å². The minimum Gasteiger partial charge on any atom is -0.309 e. The molecule has 190 valence electrons. The zero-order chi connectivity index (χ0) is 26.0. The van der Waals surface area contributed by atoms with Crippen LogP contribution in [0.1, 0.15) is 40.2 Å². The van der Waals surface area contributed by atoms with Crippen LogP contribution in [0.3, 0.4) is 0 Å². The summed E-state index contributed by atoms with van der Waals surface area (Å²) in [6.07, 6.45) is 3.48. The summed E-state index contributed by atoms with van der Waals surface area (Å²) in [5.74, 6) is -0.542. The SMILES string of the molecule is Cc1ccccc1CC(=O)Nc1nnc(CCCCc2ccc(NC(=O)Cc3ccccc3F)nn2)s1. The van der Waals surface area contributed by atoms with Gasteiger partial charge >= 0.3 is 0 Å². The molecule has 0 saturated carbocycles. The summed E-state index contributed by atoms with van der Waals surface area (Å²) >= 11 is 1.39. The topological polar surface area (TPSA) is 110 Å². The lowest BCUT2D eigenvalue weighted by Crippen LogP contribution is -2.16. The van der Waals surface area contributed by atoms with E-state index < -0.39 is 5.82 Å². The molecule has 10 heteroatoms. The second kappa shape index (κ2) is 12.8. The van der Waals surface area contributed by atoms with E-state index in [1.807, 2.05) is 37.3 Å². The second-order valence-electron chi connectivity index (χ2n) is 8.59. The molecule has 0 aliphatic heterocycles. The Labute approximate surface area is 218 Å². The standard InChI is InChI=1S/C27H27FN6O2S/c1-18-8-2-3-9-19(18)16-25(36)30-27-34-33-26(37-27)13-7-5-11-21-14-15-23(32-31-21)29-24(35)17-20-10-4-6-12-22(20)28/h2-4,6,8-10,12,14-15H,5,7,11,13,16-17H2,1H3,(H,29,32,35)(H,30,34,36). The summed E-state index contributed by atoms with van der Waals surface area (Å²) in [5, 5.41) is 23.3. The van der Waals surface area contributed by atoms with Gasteiger partial charge in [0.05, 0.1) is 18.5 Å². The van der Waals surface area contributed by atoms with E-state index in [1.165, 1.54) is 17.4 Å². The molecule has 0 aliphatic carbocycles. The molecule has 0 fully saturated rings. The number of aryl methyl sites for hydroxylation is 3. The van der Waals surface area contributed by atoms with Crippen LogP contribution in [0.2, 0.25) is 0 Å². The number of anilines is 2. The summed E-state index contributed by atoms with van der Waals surface area (Å²) in [6, 6.07) is 17.5. The Bertz CT molecular complexity index is 1360. The van der Waals surface area contributed by atoms with Gasteiger partial charge in [-0.05, 0) is 61.1 Å². The molecule has 2 N–H and O–H groups in total. The lowest BCUT2D eigenvalue weighted by molar-refractivity contribution is -0.116. The van der Waals surface area contributed by atoms with Crippen molar-refractivity contribution < 1.29 is 14.0 Å². The molecule has 0 bridgehead atoms. The molecule has 4 rings (SSSR count). The van der Waals surface area contributed by atoms with E-state index >= 15 is 0 Å². The van der Waals surface area contributed by atoms with Gasteiger partial charge < -0.3 is 10.6 Å². The van der Waals surface area contributed by atoms with Gasteiger partial charge in [-0.25, -0.2) is 4.39 Å². The van der Waals surface area contributed by atoms with Gasteiger partial charge in [0.2, 0.25) is 16.9 Å². The lowest BCUT2D eigenvalue weighted by atomic mass is 10.1. The predicted molar refractivity (Wildman–Crippen MR) is 141 cm³/mol. The Morgan fingerprint density at radius 1 is 0.784 bits per heavy atom. The number of carbonyl (C=O) groups is 2. The maximum absolute atomic E-state index is 13.7. The highest BCUT2D eigenvalue weighted by molar-refractivity contribution is 7.15. The van der Waals surface area contributed by atoms with Crippen LogP contribution in [-0.4, -0.2) is 32.2 Å². The molecule has 2 aromatic carbocycles. The van der Waals surface area contributed by atoms with Crippen molar-refractivity contribution in [1.82, 2.24) is 20.4 Å². The summed E-state index contributed by atoms with van der Waals surface area (Å²) in [7, 11) is 0. The van der Waals surface area contributed by atoms with Crippen LogP contribution in [0.4, 0.5) is 15.3 Å². The zero-order valence-electron chi connectivity index (χ0n) is 20.4. The van der Waals surface area contributed by atoms with Crippen molar-refractivity contribution in [2.45, 2.75) is 45.4 Å². The number of hydrogen-bond acceptors (Lipinski definition) is 7. The molecular weight excluding hydrogens is 491 g/mol. The normalized spacial score (nSPS) is 10.8. The molecule has 37 heavy (non-hydrogen) atoms. The third kappa shape index (κ3) is 7.97. The van der Waals surface area contributed by atoms with Gasteiger partial charge in [-0.1, -0.05) is 53.8 Å². The first-order valence-corrected chi connectivity index (χ1v) is 12.8. The van der Waals surface area contributed by atoms with E-state index in [9.17, 15) is 14.0 Å². The summed E-state index contributed by atoms with van der Waals surface area (Å²) in [4.78, 5) is 24.5. The van der Waals surface area contributed by atoms with Crippen molar-refractivity contribution in [3.05, 3.63) is 93.9 Å². The van der Waals surface area contributed by atoms with Crippen LogP contribution < -0.4 is 10.6 Å². The number of benzene rings is 2. The van der Waals surface area contributed by atoms with E-state index in [0.717, 1.165) is 47.5 Å². The summed E-state index contributed by atoms with van der Waals surface area (Å²) in [5.41, 5.74) is 3.22. The molecule has 0 radical (unpaired) electrons. The third-order valence-corrected chi connectivity index (χ3v) is 6.59. The number of nitrogens with one attached hydrogen (secondary N) is 2. The van der Waals surface area contributed by atoms with E-state index in [0.29, 0.717) is 22.9 Å². The number of unbranched alkanes of at least 4 members (excludes halogenated alkanes) is 1. The highest BCUT2D eigenvalue weighted by atomic mass is 32.1. The van der Waals surface area contributed by atoms with Gasteiger partial charge in [-0.3, -0.25) is 9.59 Å². The number of amides is 2. The van der Waals surface area contributed by atoms with Crippen molar-refractivity contribution in [3.63, 3.8) is 0 Å². The van der Waals surface area contributed by atoms with Crippen LogP contribution in [0, 0.1) is 12.7 Å². The predicted octanol–water partition coefficient (Wildman–Crippen LogP) is 4.70. The molecule has 2 amide bonds. The van der Waals surface area contributed by atoms with E-state index in [4.69, 9.17) is 0 Å². The summed E-state index contributed by atoms with van der Waals surface area (Å²) in [6.45, 7) is 1.99. The molecule has 0 saturated heterocycles. The minimum absolute atomic E-state index is 0.0696. The fourth-order valence-corrected chi connectivity index (χ4v) is 4.49. The maximum atomic E-state index is 13.7. The number of aromatic nitrogens is 4. The van der Waals surface area contributed by atoms with Crippen molar-refractivity contribution in [2.24, 2.45) is 0 Å². The second-order valence-corrected chi connectivity index (χ2v) is 9.65. The first-order valence-electron chi connectivity index (χ1n) is 12.0. The van der Waals surface area contributed by atoms with Gasteiger partial charge in [0.1, 0.15) is 10.8 Å². The number of rotatable bonds is 11. The largest absolute Gasteiger partial charge is 0.309 e. The smallest absolute Gasteiger partial charge is 0.230 e. The van der Waals surface area contributed by atoms with Crippen molar-refractivity contribution in [1.29, 1.82) is 0 Å². The average molecular weight is 519 g/mol. The number of hydrogen-bond donors (Lipinski definition) is 2. The van der Waals surface area contributed by atoms with Gasteiger partial charge in [-0.15, -0.1) is 15.3 Å². The van der Waals surface area contributed by atoms with Crippen LogP contribution in [0.5, 0.6) is 0 Å². The van der Waals surface area contributed by atoms with E-state index in [-0.39, 0.29) is 18.2 Å². The number of carbonyl (C=O) groups excluding carboxylic acids is 2. The molecule has 2 aromatic heterocycles. The fraction of sp³-hybridized carbons (Fsp3) is 0.259. The van der Waals surface area contributed by atoms with E-state index in [1.54, 1.807) is 24.3 Å². The van der Waals surface area contributed by atoms with Gasteiger partial charge in [-0.2, -0.15) is 5.10 Å². The monoisotopic (exact) mass is 518 g/mol. The van der Waals surface area contributed by atoms with Crippen molar-refractivity contribution >= 4 is 34.1 Å². The van der Waals surface area contributed by atoms with Gasteiger partial charge in [0, 0.05) is 6.42 Å². The molecule has 0 aliphatic rings. The Balaban J connectivity index is 1.16. The van der Waals surface area contributed by atoms with Crippen molar-refractivity contribution in [3.8, 4) is 0 Å². The highest BCUT2D eigenvalue weighted by Crippen LogP contribution is 2.18. The first kappa shape index (κ1) is 26.0. The number of halogens is 1. The Morgan fingerprint density at radius 3 is 2.24 bits per heavy atom. The first-order chi connectivity index (χ1) is 18.0. The number of nitrogens with zero attached hydrogens (tertiary/aromatic N) is 4. The quantitative estimate of drug-likeness (QED) is 0.279. The van der Waals surface area contributed by atoms with Crippen LogP contribution in [0.15, 0.2) is 60.7 Å². The third-order valence-electron chi connectivity index (χ3n) is 5.70. The van der Waals surface area contributed by atoms with Crippen LogP contribution in [-0.2, 0) is 35.3 Å². The van der Waals surface area contributed by atoms with E-state index in [2.05, 4.69) is 31.0 Å². The van der Waals surface area contributed by atoms with Crippen molar-refractivity contribution in [2.75, 3.05) is 10.6 Å². The molecule has 0 unspecified atom stereocenters. The lowest BCUT2D eigenvalue weighted by Gasteiger charge is -2.06. The average Bonchev–Trinajstić information content (AvgIpc) is 3.32. The fourth-order valence-electron chi connectivity index (χ4n) is 3.69. The summed E-state index contributed by atoms with van der Waals surface area (Å²) < 4.78 is 13.7.